The molecule has 2 aromatic rings. The Morgan fingerprint density at radius 2 is 2.17 bits per heavy atom. The predicted octanol–water partition coefficient (Wildman–Crippen LogP) is 2.15. The Morgan fingerprint density at radius 3 is 2.87 bits per heavy atom. The third-order valence-electron chi connectivity index (χ3n) is 4.84. The summed E-state index contributed by atoms with van der Waals surface area (Å²) in [7, 11) is 1.29. The molecule has 1 saturated heterocycles. The van der Waals surface area contributed by atoms with Crippen molar-refractivity contribution in [3.63, 3.8) is 0 Å². The van der Waals surface area contributed by atoms with E-state index in [1.54, 1.807) is 18.4 Å². The Hall–Kier alpha value is -2.92. The largest absolute Gasteiger partial charge is 0.477 e. The topological polar surface area (TPSA) is 108 Å². The van der Waals surface area contributed by atoms with Gasteiger partial charge in [-0.05, 0) is 30.7 Å². The lowest BCUT2D eigenvalue weighted by Gasteiger charge is -2.49. The second-order valence-electron chi connectivity index (χ2n) is 6.71. The smallest absolute Gasteiger partial charge is 0.352 e. The number of carboxylic acids is 1. The third-order valence-corrected chi connectivity index (χ3v) is 7.21. The number of amides is 2. The maximum atomic E-state index is 13.5. The van der Waals surface area contributed by atoms with E-state index in [9.17, 15) is 23.9 Å². The van der Waals surface area contributed by atoms with E-state index in [-0.39, 0.29) is 11.4 Å². The lowest BCUT2D eigenvalue weighted by atomic mass is 10.0. The van der Waals surface area contributed by atoms with Crippen LogP contribution in [-0.2, 0) is 19.2 Å². The molecule has 2 aliphatic rings. The van der Waals surface area contributed by atoms with E-state index in [1.165, 1.54) is 47.2 Å². The molecule has 8 nitrogen and oxygen atoms in total. The first kappa shape index (κ1) is 20.4. The number of hydrogen-bond donors (Lipinski definition) is 2. The Balaban J connectivity index is 1.59. The molecule has 156 valence electrons. The summed E-state index contributed by atoms with van der Waals surface area (Å²) in [5.41, 5.74) is 0.968. The number of fused-ring (bicyclic) bond motifs is 2. The van der Waals surface area contributed by atoms with E-state index < -0.39 is 35.0 Å². The first-order chi connectivity index (χ1) is 14.3. The maximum Gasteiger partial charge on any atom is 0.352 e. The molecule has 3 heterocycles. The van der Waals surface area contributed by atoms with Gasteiger partial charge in [-0.3, -0.25) is 14.5 Å². The van der Waals surface area contributed by atoms with Crippen molar-refractivity contribution >= 4 is 56.7 Å². The number of halogens is 1. The summed E-state index contributed by atoms with van der Waals surface area (Å²) in [5, 5.41) is 17.7. The molecule has 0 radical (unpaired) electrons. The van der Waals surface area contributed by atoms with Crippen LogP contribution in [-0.4, -0.2) is 57.8 Å². The molecule has 1 aromatic heterocycles. The van der Waals surface area contributed by atoms with Crippen molar-refractivity contribution in [1.29, 1.82) is 0 Å². The van der Waals surface area contributed by atoms with E-state index in [2.05, 4.69) is 10.5 Å². The number of hydrogen-bond acceptors (Lipinski definition) is 7. The minimum absolute atomic E-state index is 0.0362. The van der Waals surface area contributed by atoms with Crippen LogP contribution in [0.25, 0.3) is 10.1 Å². The van der Waals surface area contributed by atoms with Crippen LogP contribution in [0.1, 0.15) is 12.5 Å². The SMILES string of the molecule is CON=C(C(=O)NC1C(=O)N2C(C(=O)O)=C(C)CS[C@@H]12)c1csc2cc(F)ccc12. The minimum Gasteiger partial charge on any atom is -0.477 e. The zero-order valence-electron chi connectivity index (χ0n) is 15.8. The van der Waals surface area contributed by atoms with Crippen LogP contribution in [0.3, 0.4) is 0 Å². The highest BCUT2D eigenvalue weighted by molar-refractivity contribution is 8.00. The van der Waals surface area contributed by atoms with Gasteiger partial charge in [-0.2, -0.15) is 0 Å². The number of thioether (sulfide) groups is 1. The molecule has 0 aliphatic carbocycles. The number of carbonyl (C=O) groups excluding carboxylic acids is 2. The fourth-order valence-corrected chi connectivity index (χ4v) is 5.74. The highest BCUT2D eigenvalue weighted by Gasteiger charge is 2.54. The second kappa shape index (κ2) is 7.73. The molecule has 11 heteroatoms. The van der Waals surface area contributed by atoms with Crippen molar-refractivity contribution in [2.45, 2.75) is 18.3 Å². The van der Waals surface area contributed by atoms with Gasteiger partial charge in [0, 0.05) is 26.8 Å². The van der Waals surface area contributed by atoms with Gasteiger partial charge in [-0.15, -0.1) is 23.1 Å². The number of oxime groups is 1. The summed E-state index contributed by atoms with van der Waals surface area (Å²) < 4.78 is 14.1. The monoisotopic (exact) mass is 449 g/mol. The highest BCUT2D eigenvalue weighted by Crippen LogP contribution is 2.40. The van der Waals surface area contributed by atoms with Crippen LogP contribution >= 0.6 is 23.1 Å². The molecule has 2 atom stereocenters. The Morgan fingerprint density at radius 1 is 1.40 bits per heavy atom. The standard InChI is InChI=1S/C19H16FN3O5S2/c1-8-6-30-18-14(17(25)23(18)15(8)19(26)27)21-16(24)13(22-28-2)11-7-29-12-5-9(20)3-4-10(11)12/h3-5,7,14,18H,6H2,1-2H3,(H,21,24)(H,26,27)/t14?,18-/m0/s1. The molecular formula is C19H16FN3O5S2. The van der Waals surface area contributed by atoms with E-state index in [0.29, 0.717) is 27.0 Å². The van der Waals surface area contributed by atoms with Gasteiger partial charge in [-0.25, -0.2) is 9.18 Å². The average molecular weight is 449 g/mol. The first-order valence-electron chi connectivity index (χ1n) is 8.80. The van der Waals surface area contributed by atoms with Crippen LogP contribution in [0, 0.1) is 5.82 Å². The molecule has 0 bridgehead atoms. The molecule has 0 saturated carbocycles. The fraction of sp³-hybridized carbons (Fsp3) is 0.263. The van der Waals surface area contributed by atoms with Crippen LogP contribution in [0.4, 0.5) is 4.39 Å². The van der Waals surface area contributed by atoms with Crippen molar-refractivity contribution in [1.82, 2.24) is 10.2 Å². The van der Waals surface area contributed by atoms with Crippen molar-refractivity contribution in [3.8, 4) is 0 Å². The molecule has 2 aliphatic heterocycles. The van der Waals surface area contributed by atoms with E-state index >= 15 is 0 Å². The molecule has 2 amide bonds. The number of carboxylic acid groups (broad SMARTS) is 1. The van der Waals surface area contributed by atoms with Crippen molar-refractivity contribution in [2.75, 3.05) is 12.9 Å². The number of carbonyl (C=O) groups is 3. The molecule has 1 fully saturated rings. The van der Waals surface area contributed by atoms with Crippen LogP contribution in [0.15, 0.2) is 40.0 Å². The minimum atomic E-state index is -1.17. The summed E-state index contributed by atoms with van der Waals surface area (Å²) in [5.74, 6) is -2.25. The number of benzene rings is 1. The Kier molecular flexibility index (Phi) is 5.24. The van der Waals surface area contributed by atoms with E-state index in [0.717, 1.165) is 0 Å². The molecule has 2 N–H and O–H groups in total. The van der Waals surface area contributed by atoms with E-state index in [1.807, 2.05) is 0 Å². The quantitative estimate of drug-likeness (QED) is 0.411. The number of nitrogens with one attached hydrogen (secondary N) is 1. The number of β-lactam (4-membered cyclic amide) rings is 1. The summed E-state index contributed by atoms with van der Waals surface area (Å²) in [6.07, 6.45) is 0. The van der Waals surface area contributed by atoms with Crippen LogP contribution < -0.4 is 5.32 Å². The van der Waals surface area contributed by atoms with Gasteiger partial charge in [0.05, 0.1) is 0 Å². The fourth-order valence-electron chi connectivity index (χ4n) is 3.47. The molecule has 4 rings (SSSR count). The highest BCUT2D eigenvalue weighted by atomic mass is 32.2. The zero-order valence-corrected chi connectivity index (χ0v) is 17.5. The molecule has 30 heavy (non-hydrogen) atoms. The lowest BCUT2D eigenvalue weighted by molar-refractivity contribution is -0.150. The van der Waals surface area contributed by atoms with Crippen molar-refractivity contribution in [2.24, 2.45) is 5.16 Å². The Labute approximate surface area is 178 Å². The summed E-state index contributed by atoms with van der Waals surface area (Å²) >= 11 is 2.63. The van der Waals surface area contributed by atoms with Gasteiger partial charge in [0.15, 0.2) is 5.71 Å². The number of thiophene rings is 1. The van der Waals surface area contributed by atoms with Crippen LogP contribution in [0.5, 0.6) is 0 Å². The summed E-state index contributed by atoms with van der Waals surface area (Å²) in [6, 6.07) is 3.32. The van der Waals surface area contributed by atoms with Gasteiger partial charge in [-0.1, -0.05) is 5.16 Å². The summed E-state index contributed by atoms with van der Waals surface area (Å²) in [4.78, 5) is 43.1. The third kappa shape index (κ3) is 3.23. The van der Waals surface area contributed by atoms with Gasteiger partial charge in [0.2, 0.25) is 0 Å². The second-order valence-corrected chi connectivity index (χ2v) is 8.72. The number of rotatable bonds is 5. The molecule has 0 spiro atoms. The summed E-state index contributed by atoms with van der Waals surface area (Å²) in [6.45, 7) is 1.67. The van der Waals surface area contributed by atoms with Crippen molar-refractivity contribution < 1.29 is 28.7 Å². The van der Waals surface area contributed by atoms with Gasteiger partial charge in [0.25, 0.3) is 11.8 Å². The molecular weight excluding hydrogens is 433 g/mol. The molecule has 1 unspecified atom stereocenters. The van der Waals surface area contributed by atoms with Gasteiger partial charge < -0.3 is 15.3 Å². The van der Waals surface area contributed by atoms with Crippen molar-refractivity contribution in [3.05, 3.63) is 46.2 Å². The van der Waals surface area contributed by atoms with E-state index in [4.69, 9.17) is 4.84 Å². The zero-order chi connectivity index (χ0) is 21.6. The number of nitrogens with zero attached hydrogens (tertiary/aromatic N) is 2. The van der Waals surface area contributed by atoms with Gasteiger partial charge >= 0.3 is 5.97 Å². The van der Waals surface area contributed by atoms with Crippen LogP contribution in [0.2, 0.25) is 0 Å². The average Bonchev–Trinajstić information content (AvgIpc) is 3.12. The lowest BCUT2D eigenvalue weighted by Crippen LogP contribution is -2.71. The maximum absolute atomic E-state index is 13.5. The number of aliphatic carboxylic acids is 1. The van der Waals surface area contributed by atoms with Gasteiger partial charge in [0.1, 0.15) is 30.0 Å². The molecule has 1 aromatic carbocycles. The first-order valence-corrected chi connectivity index (χ1v) is 10.7. The predicted molar refractivity (Wildman–Crippen MR) is 111 cm³/mol. The Bertz CT molecular complexity index is 1140. The normalized spacial score (nSPS) is 21.4.